The quantitative estimate of drug-likeness (QED) is 0.948. The van der Waals surface area contributed by atoms with Crippen LogP contribution < -0.4 is 10.5 Å². The van der Waals surface area contributed by atoms with Gasteiger partial charge in [-0.2, -0.15) is 0 Å². The van der Waals surface area contributed by atoms with Crippen molar-refractivity contribution in [2.45, 2.75) is 6.92 Å². The smallest absolute Gasteiger partial charge is 0.267 e. The van der Waals surface area contributed by atoms with Gasteiger partial charge in [-0.3, -0.25) is 9.78 Å². The number of aryl methyl sites for hydroxylation is 1. The molecule has 0 atom stereocenters. The second-order valence-electron chi connectivity index (χ2n) is 3.75. The zero-order valence-electron chi connectivity index (χ0n) is 9.68. The van der Waals surface area contributed by atoms with Crippen molar-refractivity contribution >= 4 is 21.8 Å². The van der Waals surface area contributed by atoms with Gasteiger partial charge in [0.05, 0.1) is 0 Å². The number of amides is 1. The van der Waals surface area contributed by atoms with Crippen molar-refractivity contribution in [1.29, 1.82) is 0 Å². The fourth-order valence-corrected chi connectivity index (χ4v) is 1.94. The van der Waals surface area contributed by atoms with E-state index in [2.05, 4.69) is 20.9 Å². The molecule has 2 N–H and O–H groups in total. The Morgan fingerprint density at radius 3 is 2.78 bits per heavy atom. The van der Waals surface area contributed by atoms with Crippen molar-refractivity contribution in [2.75, 3.05) is 0 Å². The summed E-state index contributed by atoms with van der Waals surface area (Å²) in [7, 11) is 0. The summed E-state index contributed by atoms with van der Waals surface area (Å²) in [6, 6.07) is 8.88. The van der Waals surface area contributed by atoms with Crippen molar-refractivity contribution in [3.63, 3.8) is 0 Å². The third-order valence-electron chi connectivity index (χ3n) is 2.35. The lowest BCUT2D eigenvalue weighted by Crippen LogP contribution is -2.12. The maximum absolute atomic E-state index is 11.0. The SMILES string of the molecule is Cc1cc(Br)ccc1Oc1ccnc(C(N)=O)c1. The fourth-order valence-electron chi connectivity index (χ4n) is 1.46. The van der Waals surface area contributed by atoms with E-state index < -0.39 is 5.91 Å². The Morgan fingerprint density at radius 1 is 1.33 bits per heavy atom. The first-order chi connectivity index (χ1) is 8.56. The standard InChI is InChI=1S/C13H11BrN2O2/c1-8-6-9(14)2-3-12(8)18-10-4-5-16-11(7-10)13(15)17/h2-7H,1H3,(H2,15,17). The summed E-state index contributed by atoms with van der Waals surface area (Å²) in [5, 5.41) is 0. The molecular formula is C13H11BrN2O2. The maximum atomic E-state index is 11.0. The number of pyridine rings is 1. The molecule has 0 aliphatic carbocycles. The fraction of sp³-hybridized carbons (Fsp3) is 0.0769. The number of hydrogen-bond donors (Lipinski definition) is 1. The van der Waals surface area contributed by atoms with E-state index in [0.29, 0.717) is 5.75 Å². The number of aromatic nitrogens is 1. The number of benzene rings is 1. The molecule has 2 rings (SSSR count). The molecule has 1 heterocycles. The van der Waals surface area contributed by atoms with Crippen LogP contribution in [0.25, 0.3) is 0 Å². The highest BCUT2D eigenvalue weighted by molar-refractivity contribution is 9.10. The van der Waals surface area contributed by atoms with Crippen LogP contribution in [0.15, 0.2) is 41.0 Å². The van der Waals surface area contributed by atoms with Gasteiger partial charge in [-0.1, -0.05) is 15.9 Å². The Bertz CT molecular complexity index is 599. The third kappa shape index (κ3) is 2.87. The molecular weight excluding hydrogens is 296 g/mol. The molecule has 18 heavy (non-hydrogen) atoms. The van der Waals surface area contributed by atoms with E-state index in [1.807, 2.05) is 25.1 Å². The van der Waals surface area contributed by atoms with Crippen LogP contribution in [0.2, 0.25) is 0 Å². The number of halogens is 1. The number of nitrogens with zero attached hydrogens (tertiary/aromatic N) is 1. The Balaban J connectivity index is 2.28. The van der Waals surface area contributed by atoms with Crippen molar-refractivity contribution in [2.24, 2.45) is 5.73 Å². The summed E-state index contributed by atoms with van der Waals surface area (Å²) >= 11 is 3.39. The molecule has 0 saturated carbocycles. The van der Waals surface area contributed by atoms with E-state index in [4.69, 9.17) is 10.5 Å². The summed E-state index contributed by atoms with van der Waals surface area (Å²) in [5.74, 6) is 0.678. The summed E-state index contributed by atoms with van der Waals surface area (Å²) in [4.78, 5) is 14.9. The predicted molar refractivity (Wildman–Crippen MR) is 71.7 cm³/mol. The third-order valence-corrected chi connectivity index (χ3v) is 2.84. The molecule has 92 valence electrons. The van der Waals surface area contributed by atoms with E-state index in [-0.39, 0.29) is 5.69 Å². The zero-order chi connectivity index (χ0) is 13.1. The Kier molecular flexibility index (Phi) is 3.62. The van der Waals surface area contributed by atoms with Gasteiger partial charge in [-0.15, -0.1) is 0 Å². The van der Waals surface area contributed by atoms with Gasteiger partial charge in [-0.25, -0.2) is 0 Å². The first-order valence-electron chi connectivity index (χ1n) is 5.26. The second kappa shape index (κ2) is 5.18. The lowest BCUT2D eigenvalue weighted by Gasteiger charge is -2.09. The van der Waals surface area contributed by atoms with Crippen LogP contribution >= 0.6 is 15.9 Å². The molecule has 0 fully saturated rings. The predicted octanol–water partition coefficient (Wildman–Crippen LogP) is 3.04. The maximum Gasteiger partial charge on any atom is 0.267 e. The van der Waals surface area contributed by atoms with Gasteiger partial charge < -0.3 is 10.5 Å². The highest BCUT2D eigenvalue weighted by Gasteiger charge is 2.06. The molecule has 0 aliphatic heterocycles. The largest absolute Gasteiger partial charge is 0.457 e. The average Bonchev–Trinajstić information content (AvgIpc) is 2.33. The molecule has 4 nitrogen and oxygen atoms in total. The van der Waals surface area contributed by atoms with E-state index >= 15 is 0 Å². The molecule has 5 heteroatoms. The molecule has 1 amide bonds. The van der Waals surface area contributed by atoms with Gasteiger partial charge >= 0.3 is 0 Å². The minimum Gasteiger partial charge on any atom is -0.457 e. The number of nitrogens with two attached hydrogens (primary N) is 1. The van der Waals surface area contributed by atoms with Crippen LogP contribution in [-0.2, 0) is 0 Å². The summed E-state index contributed by atoms with van der Waals surface area (Å²) < 4.78 is 6.67. The van der Waals surface area contributed by atoms with E-state index in [1.165, 1.54) is 12.3 Å². The topological polar surface area (TPSA) is 65.2 Å². The molecule has 1 aromatic heterocycles. The van der Waals surface area contributed by atoms with Crippen LogP contribution in [0, 0.1) is 6.92 Å². The first kappa shape index (κ1) is 12.6. The Morgan fingerprint density at radius 2 is 2.11 bits per heavy atom. The van der Waals surface area contributed by atoms with E-state index in [1.54, 1.807) is 6.07 Å². The highest BCUT2D eigenvalue weighted by Crippen LogP contribution is 2.27. The van der Waals surface area contributed by atoms with Crippen LogP contribution in [-0.4, -0.2) is 10.9 Å². The molecule has 0 aliphatic rings. The lowest BCUT2D eigenvalue weighted by atomic mass is 10.2. The number of primary amides is 1. The van der Waals surface area contributed by atoms with Crippen LogP contribution in [0.5, 0.6) is 11.5 Å². The van der Waals surface area contributed by atoms with Gasteiger partial charge in [0, 0.05) is 16.7 Å². The Hall–Kier alpha value is -1.88. The molecule has 0 unspecified atom stereocenters. The van der Waals surface area contributed by atoms with Gasteiger partial charge in [0.25, 0.3) is 5.91 Å². The van der Waals surface area contributed by atoms with E-state index in [9.17, 15) is 4.79 Å². The van der Waals surface area contributed by atoms with Gasteiger partial charge in [0.15, 0.2) is 0 Å². The minimum absolute atomic E-state index is 0.183. The summed E-state index contributed by atoms with van der Waals surface area (Å²) in [6.45, 7) is 1.94. The van der Waals surface area contributed by atoms with Crippen LogP contribution in [0.3, 0.4) is 0 Å². The van der Waals surface area contributed by atoms with Crippen molar-refractivity contribution < 1.29 is 9.53 Å². The average molecular weight is 307 g/mol. The summed E-state index contributed by atoms with van der Waals surface area (Å²) in [5.41, 5.74) is 6.33. The number of hydrogen-bond acceptors (Lipinski definition) is 3. The van der Waals surface area contributed by atoms with Crippen molar-refractivity contribution in [1.82, 2.24) is 4.98 Å². The number of ether oxygens (including phenoxy) is 1. The Labute approximate surface area is 113 Å². The van der Waals surface area contributed by atoms with Gasteiger partial charge in [0.1, 0.15) is 17.2 Å². The monoisotopic (exact) mass is 306 g/mol. The lowest BCUT2D eigenvalue weighted by molar-refractivity contribution is 0.0995. The molecule has 0 radical (unpaired) electrons. The van der Waals surface area contributed by atoms with E-state index in [0.717, 1.165) is 15.8 Å². The highest BCUT2D eigenvalue weighted by atomic mass is 79.9. The molecule has 0 spiro atoms. The molecule has 2 aromatic rings. The number of carbonyl (C=O) groups excluding carboxylic acids is 1. The molecule has 0 saturated heterocycles. The summed E-state index contributed by atoms with van der Waals surface area (Å²) in [6.07, 6.45) is 1.49. The van der Waals surface area contributed by atoms with Crippen LogP contribution in [0.4, 0.5) is 0 Å². The number of carbonyl (C=O) groups is 1. The molecule has 0 bridgehead atoms. The van der Waals surface area contributed by atoms with Crippen molar-refractivity contribution in [3.05, 3.63) is 52.3 Å². The van der Waals surface area contributed by atoms with Gasteiger partial charge in [0.2, 0.25) is 0 Å². The van der Waals surface area contributed by atoms with Gasteiger partial charge in [-0.05, 0) is 36.8 Å². The number of rotatable bonds is 3. The zero-order valence-corrected chi connectivity index (χ0v) is 11.3. The normalized spacial score (nSPS) is 10.1. The second-order valence-corrected chi connectivity index (χ2v) is 4.67. The first-order valence-corrected chi connectivity index (χ1v) is 6.05. The van der Waals surface area contributed by atoms with Crippen molar-refractivity contribution in [3.8, 4) is 11.5 Å². The van der Waals surface area contributed by atoms with Crippen LogP contribution in [0.1, 0.15) is 16.1 Å². The molecule has 1 aromatic carbocycles. The minimum atomic E-state index is -0.576.